The minimum absolute atomic E-state index is 0.0973. The highest BCUT2D eigenvalue weighted by atomic mass is 16.3. The first kappa shape index (κ1) is 8.10. The fraction of sp³-hybridized carbons (Fsp3) is 0.429. The summed E-state index contributed by atoms with van der Waals surface area (Å²) in [6.07, 6.45) is 0.556. The van der Waals surface area contributed by atoms with E-state index in [1.165, 1.54) is 0 Å². The summed E-state index contributed by atoms with van der Waals surface area (Å²) in [4.78, 5) is 2.90. The summed E-state index contributed by atoms with van der Waals surface area (Å²) in [5, 5.41) is 8.58. The number of aromatic amines is 1. The van der Waals surface area contributed by atoms with E-state index in [4.69, 9.17) is 16.6 Å². The molecule has 4 nitrogen and oxygen atoms in total. The number of H-pyrrole nitrogens is 1. The third-order valence-electron chi connectivity index (χ3n) is 1.57. The van der Waals surface area contributed by atoms with Crippen LogP contribution in [0, 0.1) is 0 Å². The standard InChI is InChI=1S/C7H13N3O/c8-5(3-4-11)6-1-2-7(9)10-6/h1-2,5,10-11H,3-4,8-9H2/t5-/m1/s1. The zero-order valence-electron chi connectivity index (χ0n) is 6.25. The number of nitrogen functional groups attached to an aromatic ring is 1. The van der Waals surface area contributed by atoms with Crippen LogP contribution < -0.4 is 11.5 Å². The van der Waals surface area contributed by atoms with Gasteiger partial charge in [0.15, 0.2) is 0 Å². The lowest BCUT2D eigenvalue weighted by Crippen LogP contribution is -2.12. The molecule has 0 saturated heterocycles. The number of rotatable bonds is 3. The second-order valence-electron chi connectivity index (χ2n) is 2.49. The number of aliphatic hydroxyl groups excluding tert-OH is 1. The first-order valence-corrected chi connectivity index (χ1v) is 3.55. The minimum Gasteiger partial charge on any atom is -0.396 e. The monoisotopic (exact) mass is 155 g/mol. The normalized spacial score (nSPS) is 13.3. The Kier molecular flexibility index (Phi) is 2.51. The summed E-state index contributed by atoms with van der Waals surface area (Å²) in [6.45, 7) is 0.0973. The van der Waals surface area contributed by atoms with Crippen molar-refractivity contribution in [2.75, 3.05) is 12.3 Å². The van der Waals surface area contributed by atoms with Gasteiger partial charge in [-0.15, -0.1) is 0 Å². The Bertz CT molecular complexity index is 221. The van der Waals surface area contributed by atoms with E-state index in [9.17, 15) is 0 Å². The van der Waals surface area contributed by atoms with Crippen LogP contribution in [0.4, 0.5) is 5.82 Å². The Morgan fingerprint density at radius 2 is 2.27 bits per heavy atom. The molecule has 1 aromatic rings. The van der Waals surface area contributed by atoms with E-state index < -0.39 is 0 Å². The number of hydrogen-bond donors (Lipinski definition) is 4. The molecule has 62 valence electrons. The molecular weight excluding hydrogens is 142 g/mol. The molecule has 0 aliphatic rings. The fourth-order valence-corrected chi connectivity index (χ4v) is 0.940. The zero-order valence-corrected chi connectivity index (χ0v) is 6.25. The van der Waals surface area contributed by atoms with Gasteiger partial charge in [-0.3, -0.25) is 0 Å². The van der Waals surface area contributed by atoms with Gasteiger partial charge in [-0.2, -0.15) is 0 Å². The lowest BCUT2D eigenvalue weighted by Gasteiger charge is -2.06. The van der Waals surface area contributed by atoms with Crippen molar-refractivity contribution >= 4 is 5.82 Å². The zero-order chi connectivity index (χ0) is 8.27. The molecule has 0 radical (unpaired) electrons. The van der Waals surface area contributed by atoms with Crippen LogP contribution in [0.1, 0.15) is 18.2 Å². The smallest absolute Gasteiger partial charge is 0.100 e. The molecule has 0 unspecified atom stereocenters. The van der Waals surface area contributed by atoms with Gasteiger partial charge in [0.25, 0.3) is 0 Å². The summed E-state index contributed by atoms with van der Waals surface area (Å²) in [5.74, 6) is 0.605. The largest absolute Gasteiger partial charge is 0.396 e. The van der Waals surface area contributed by atoms with Crippen LogP contribution >= 0.6 is 0 Å². The number of nitrogens with one attached hydrogen (secondary N) is 1. The molecule has 0 aliphatic heterocycles. The van der Waals surface area contributed by atoms with E-state index in [0.29, 0.717) is 12.2 Å². The third kappa shape index (κ3) is 1.96. The SMILES string of the molecule is Nc1ccc([C@H](N)CCO)[nH]1. The minimum atomic E-state index is -0.141. The highest BCUT2D eigenvalue weighted by Gasteiger charge is 2.05. The van der Waals surface area contributed by atoms with Crippen molar-refractivity contribution in [1.29, 1.82) is 0 Å². The van der Waals surface area contributed by atoms with Crippen LogP contribution in [0.5, 0.6) is 0 Å². The van der Waals surface area contributed by atoms with Gasteiger partial charge in [0, 0.05) is 18.3 Å². The van der Waals surface area contributed by atoms with Crippen molar-refractivity contribution in [3.63, 3.8) is 0 Å². The van der Waals surface area contributed by atoms with Gasteiger partial charge in [0.1, 0.15) is 5.82 Å². The maximum atomic E-state index is 8.58. The van der Waals surface area contributed by atoms with Crippen molar-refractivity contribution in [3.8, 4) is 0 Å². The molecule has 1 heterocycles. The highest BCUT2D eigenvalue weighted by Crippen LogP contribution is 2.13. The van der Waals surface area contributed by atoms with Crippen molar-refractivity contribution in [2.45, 2.75) is 12.5 Å². The Labute approximate surface area is 65.2 Å². The second kappa shape index (κ2) is 3.41. The van der Waals surface area contributed by atoms with E-state index in [2.05, 4.69) is 4.98 Å². The summed E-state index contributed by atoms with van der Waals surface area (Å²) >= 11 is 0. The summed E-state index contributed by atoms with van der Waals surface area (Å²) in [5.41, 5.74) is 12.0. The predicted octanol–water partition coefficient (Wildman–Crippen LogP) is -0.0209. The van der Waals surface area contributed by atoms with E-state index >= 15 is 0 Å². The van der Waals surface area contributed by atoms with Gasteiger partial charge in [0.2, 0.25) is 0 Å². The van der Waals surface area contributed by atoms with Crippen molar-refractivity contribution < 1.29 is 5.11 Å². The van der Waals surface area contributed by atoms with Crippen molar-refractivity contribution in [2.24, 2.45) is 5.73 Å². The van der Waals surface area contributed by atoms with E-state index in [1.807, 2.05) is 6.07 Å². The molecule has 6 N–H and O–H groups in total. The molecule has 0 spiro atoms. The molecule has 0 amide bonds. The van der Waals surface area contributed by atoms with E-state index in [0.717, 1.165) is 5.69 Å². The summed E-state index contributed by atoms with van der Waals surface area (Å²) in [7, 11) is 0. The Morgan fingerprint density at radius 3 is 2.73 bits per heavy atom. The number of hydrogen-bond acceptors (Lipinski definition) is 3. The van der Waals surface area contributed by atoms with Gasteiger partial charge in [-0.1, -0.05) is 0 Å². The number of nitrogens with two attached hydrogens (primary N) is 2. The lowest BCUT2D eigenvalue weighted by molar-refractivity contribution is 0.276. The molecule has 0 fully saturated rings. The molecule has 0 aliphatic carbocycles. The molecule has 1 aromatic heterocycles. The van der Waals surface area contributed by atoms with Crippen molar-refractivity contribution in [1.82, 2.24) is 4.98 Å². The first-order valence-electron chi connectivity index (χ1n) is 3.55. The fourth-order valence-electron chi connectivity index (χ4n) is 0.940. The number of anilines is 1. The van der Waals surface area contributed by atoms with Gasteiger partial charge >= 0.3 is 0 Å². The molecule has 0 aromatic carbocycles. The van der Waals surface area contributed by atoms with Crippen LogP contribution in [0.3, 0.4) is 0 Å². The molecular formula is C7H13N3O. The summed E-state index contributed by atoms with van der Waals surface area (Å²) in [6, 6.07) is 3.44. The van der Waals surface area contributed by atoms with Gasteiger partial charge in [0.05, 0.1) is 0 Å². The van der Waals surface area contributed by atoms with E-state index in [-0.39, 0.29) is 12.6 Å². The molecule has 0 saturated carbocycles. The van der Waals surface area contributed by atoms with Crippen LogP contribution in [-0.2, 0) is 0 Å². The van der Waals surface area contributed by atoms with E-state index in [1.54, 1.807) is 6.07 Å². The second-order valence-corrected chi connectivity index (χ2v) is 2.49. The summed E-state index contributed by atoms with van der Waals surface area (Å²) < 4.78 is 0. The topological polar surface area (TPSA) is 88.1 Å². The maximum Gasteiger partial charge on any atom is 0.100 e. The highest BCUT2D eigenvalue weighted by molar-refractivity contribution is 5.32. The van der Waals surface area contributed by atoms with Crippen LogP contribution in [-0.4, -0.2) is 16.7 Å². The third-order valence-corrected chi connectivity index (χ3v) is 1.57. The molecule has 1 atom stereocenters. The van der Waals surface area contributed by atoms with Gasteiger partial charge in [-0.25, -0.2) is 0 Å². The van der Waals surface area contributed by atoms with Gasteiger partial charge in [-0.05, 0) is 18.6 Å². The molecule has 1 rings (SSSR count). The quantitative estimate of drug-likeness (QED) is 0.494. The van der Waals surface area contributed by atoms with Crippen molar-refractivity contribution in [3.05, 3.63) is 17.8 Å². The van der Waals surface area contributed by atoms with Crippen LogP contribution in [0.25, 0.3) is 0 Å². The Morgan fingerprint density at radius 1 is 1.55 bits per heavy atom. The number of aliphatic hydroxyl groups is 1. The maximum absolute atomic E-state index is 8.58. The average Bonchev–Trinajstić information content (AvgIpc) is 2.36. The lowest BCUT2D eigenvalue weighted by atomic mass is 10.2. The van der Waals surface area contributed by atoms with Gasteiger partial charge < -0.3 is 21.6 Å². The Hall–Kier alpha value is -1.00. The van der Waals surface area contributed by atoms with Crippen LogP contribution in [0.15, 0.2) is 12.1 Å². The molecule has 0 bridgehead atoms. The number of aromatic nitrogens is 1. The predicted molar refractivity (Wildman–Crippen MR) is 43.8 cm³/mol. The average molecular weight is 155 g/mol. The first-order chi connectivity index (χ1) is 5.24. The Balaban J connectivity index is 2.60. The van der Waals surface area contributed by atoms with Crippen LogP contribution in [0.2, 0.25) is 0 Å². The molecule has 4 heteroatoms. The molecule has 11 heavy (non-hydrogen) atoms.